The van der Waals surface area contributed by atoms with Crippen molar-refractivity contribution < 1.29 is 8.83 Å². The van der Waals surface area contributed by atoms with Crippen molar-refractivity contribution in [3.05, 3.63) is 461 Å². The Morgan fingerprint density at radius 1 is 0.142 bits per heavy atom. The minimum atomic E-state index is 0.844. The number of fused-ring (bicyclic) bond motifs is 8. The highest BCUT2D eigenvalue weighted by Gasteiger charge is 2.26. The molecule has 22 aromatic rings. The molecule has 4 heteroatoms. The van der Waals surface area contributed by atoms with E-state index in [0.717, 1.165) is 173 Å². The van der Waals surface area contributed by atoms with E-state index < -0.39 is 0 Å². The average Bonchev–Trinajstić information content (AvgIpc) is 1.48. The summed E-state index contributed by atoms with van der Waals surface area (Å²) in [6.07, 6.45) is 0. The molecule has 0 atom stereocenters. The number of anilines is 6. The number of benzene rings is 20. The van der Waals surface area contributed by atoms with Gasteiger partial charge in [-0.25, -0.2) is 0 Å². The molecule has 2 aromatic heterocycles. The summed E-state index contributed by atoms with van der Waals surface area (Å²) < 4.78 is 13.7. The maximum Gasteiger partial charge on any atom is 0.143 e. The molecule has 0 bridgehead atoms. The predicted octanol–water partition coefficient (Wildman–Crippen LogP) is 33.1. The number of furan rings is 2. The number of hydrogen-bond acceptors (Lipinski definition) is 4. The molecular formula is C116H76N2O2. The number of nitrogens with zero attached hydrogens (tertiary/aromatic N) is 2. The first-order chi connectivity index (χ1) is 59.4. The van der Waals surface area contributed by atoms with Crippen LogP contribution in [0.5, 0.6) is 0 Å². The fourth-order valence-electron chi connectivity index (χ4n) is 17.9. The fourth-order valence-corrected chi connectivity index (χ4v) is 17.9. The number of hydrogen-bond donors (Lipinski definition) is 0. The van der Waals surface area contributed by atoms with E-state index in [0.29, 0.717) is 0 Å². The van der Waals surface area contributed by atoms with Crippen molar-refractivity contribution in [2.24, 2.45) is 0 Å². The van der Waals surface area contributed by atoms with Crippen LogP contribution in [0.3, 0.4) is 0 Å². The Morgan fingerprint density at radius 3 is 1.02 bits per heavy atom. The lowest BCUT2D eigenvalue weighted by Gasteiger charge is -2.29. The molecule has 0 spiro atoms. The Bertz CT molecular complexity index is 7640. The van der Waals surface area contributed by atoms with Crippen LogP contribution in [0.4, 0.5) is 34.1 Å². The van der Waals surface area contributed by atoms with E-state index in [4.69, 9.17) is 8.83 Å². The van der Waals surface area contributed by atoms with Gasteiger partial charge in [0.25, 0.3) is 0 Å². The van der Waals surface area contributed by atoms with Crippen molar-refractivity contribution in [2.45, 2.75) is 0 Å². The van der Waals surface area contributed by atoms with Gasteiger partial charge in [0.15, 0.2) is 0 Å². The van der Waals surface area contributed by atoms with Crippen molar-refractivity contribution in [3.8, 4) is 122 Å². The maximum atomic E-state index is 6.95. The minimum Gasteiger partial charge on any atom is -0.455 e. The SMILES string of the molecule is c1ccc(-c2ccc(-c3ccc(N(c4cccc(-c5cccc(-c6ccc7ccccc7c6)c5)c4)c4cc(-c5cccc(-c6ccc(-c7ccc(N(c8cccc(-c9cccc(-c%10cccc%11ccccc%10%11)c9)c8)c8ccccc8-c8cccc9c8oc8ccccc89)cc7)cc6)c5)ccc4-c4cccc5c4oc4ccccc45)cc3)cc2)cc1. The van der Waals surface area contributed by atoms with Gasteiger partial charge in [0.05, 0.1) is 11.4 Å². The molecule has 0 aliphatic rings. The smallest absolute Gasteiger partial charge is 0.143 e. The molecule has 0 saturated heterocycles. The molecule has 0 amide bonds. The van der Waals surface area contributed by atoms with Crippen LogP contribution >= 0.6 is 0 Å². The molecule has 0 fully saturated rings. The molecule has 562 valence electrons. The van der Waals surface area contributed by atoms with Gasteiger partial charge in [-0.15, -0.1) is 0 Å². The van der Waals surface area contributed by atoms with E-state index in [-0.39, 0.29) is 0 Å². The van der Waals surface area contributed by atoms with Crippen LogP contribution in [0.25, 0.3) is 188 Å². The zero-order chi connectivity index (χ0) is 79.4. The quantitative estimate of drug-likeness (QED) is 0.0910. The van der Waals surface area contributed by atoms with Crippen LogP contribution in [0.15, 0.2) is 470 Å². The topological polar surface area (TPSA) is 32.8 Å². The molecule has 20 aromatic carbocycles. The van der Waals surface area contributed by atoms with E-state index in [9.17, 15) is 0 Å². The Labute approximate surface area is 696 Å². The molecule has 0 unspecified atom stereocenters. The van der Waals surface area contributed by atoms with Crippen molar-refractivity contribution in [1.82, 2.24) is 0 Å². The summed E-state index contributed by atoms with van der Waals surface area (Å²) in [5.74, 6) is 0. The summed E-state index contributed by atoms with van der Waals surface area (Å²) >= 11 is 0. The second kappa shape index (κ2) is 30.4. The summed E-state index contributed by atoms with van der Waals surface area (Å²) in [7, 11) is 0. The Hall–Kier alpha value is -15.9. The second-order valence-corrected chi connectivity index (χ2v) is 31.0. The maximum absolute atomic E-state index is 6.95. The highest BCUT2D eigenvalue weighted by molar-refractivity contribution is 6.13. The Balaban J connectivity index is 0.629. The largest absolute Gasteiger partial charge is 0.455 e. The fraction of sp³-hybridized carbons (Fsp3) is 0. The molecule has 0 radical (unpaired) electrons. The number of para-hydroxylation sites is 5. The van der Waals surface area contributed by atoms with E-state index in [1.807, 2.05) is 6.07 Å². The van der Waals surface area contributed by atoms with Gasteiger partial charge in [-0.2, -0.15) is 0 Å². The van der Waals surface area contributed by atoms with Crippen LogP contribution < -0.4 is 9.80 Å². The summed E-state index contributed by atoms with van der Waals surface area (Å²) in [6.45, 7) is 0. The summed E-state index contributed by atoms with van der Waals surface area (Å²) in [5, 5.41) is 9.25. The Kier molecular flexibility index (Phi) is 17.9. The van der Waals surface area contributed by atoms with E-state index >= 15 is 0 Å². The Morgan fingerprint density at radius 2 is 0.458 bits per heavy atom. The number of rotatable bonds is 17. The molecule has 4 nitrogen and oxygen atoms in total. The lowest BCUT2D eigenvalue weighted by molar-refractivity contribution is 0.669. The van der Waals surface area contributed by atoms with Crippen molar-refractivity contribution in [2.75, 3.05) is 9.80 Å². The molecule has 0 N–H and O–H groups in total. The molecule has 0 aliphatic heterocycles. The van der Waals surface area contributed by atoms with Crippen molar-refractivity contribution in [3.63, 3.8) is 0 Å². The second-order valence-electron chi connectivity index (χ2n) is 31.0. The molecule has 2 heterocycles. The first-order valence-electron chi connectivity index (χ1n) is 41.1. The van der Waals surface area contributed by atoms with Crippen LogP contribution in [0.1, 0.15) is 0 Å². The van der Waals surface area contributed by atoms with E-state index in [1.54, 1.807) is 0 Å². The predicted molar refractivity (Wildman–Crippen MR) is 505 cm³/mol. The van der Waals surface area contributed by atoms with Gasteiger partial charge in [-0.1, -0.05) is 364 Å². The van der Waals surface area contributed by atoms with Crippen molar-refractivity contribution >= 4 is 99.5 Å². The summed E-state index contributed by atoms with van der Waals surface area (Å²) in [6, 6.07) is 168. The van der Waals surface area contributed by atoms with Gasteiger partial charge in [0.1, 0.15) is 22.3 Å². The molecule has 22 rings (SSSR count). The van der Waals surface area contributed by atoms with Crippen molar-refractivity contribution in [1.29, 1.82) is 0 Å². The first-order valence-corrected chi connectivity index (χ1v) is 41.1. The van der Waals surface area contributed by atoms with E-state index in [1.165, 1.54) is 49.4 Å². The van der Waals surface area contributed by atoms with Crippen LogP contribution in [0, 0.1) is 0 Å². The average molecular weight is 1530 g/mol. The molecule has 0 aliphatic carbocycles. The summed E-state index contributed by atoms with van der Waals surface area (Å²) in [4.78, 5) is 4.85. The van der Waals surface area contributed by atoms with Gasteiger partial charge in [-0.05, 0) is 219 Å². The van der Waals surface area contributed by atoms with Crippen LogP contribution in [-0.4, -0.2) is 0 Å². The highest BCUT2D eigenvalue weighted by Crippen LogP contribution is 2.50. The highest BCUT2D eigenvalue weighted by atomic mass is 16.3. The van der Waals surface area contributed by atoms with Gasteiger partial charge in [0.2, 0.25) is 0 Å². The monoisotopic (exact) mass is 1530 g/mol. The van der Waals surface area contributed by atoms with Gasteiger partial charge in [-0.3, -0.25) is 0 Å². The third kappa shape index (κ3) is 13.2. The van der Waals surface area contributed by atoms with Gasteiger partial charge in [0, 0.05) is 66.5 Å². The van der Waals surface area contributed by atoms with E-state index in [2.05, 4.69) is 465 Å². The first kappa shape index (κ1) is 70.7. The molecule has 120 heavy (non-hydrogen) atoms. The minimum absolute atomic E-state index is 0.844. The molecule has 0 saturated carbocycles. The lowest BCUT2D eigenvalue weighted by atomic mass is 9.93. The third-order valence-electron chi connectivity index (χ3n) is 23.9. The van der Waals surface area contributed by atoms with Crippen LogP contribution in [0.2, 0.25) is 0 Å². The van der Waals surface area contributed by atoms with Crippen LogP contribution in [-0.2, 0) is 0 Å². The molecular weight excluding hydrogens is 1450 g/mol. The summed E-state index contributed by atoms with van der Waals surface area (Å²) in [5.41, 5.74) is 34.2. The lowest BCUT2D eigenvalue weighted by Crippen LogP contribution is -2.11. The zero-order valence-corrected chi connectivity index (χ0v) is 65.6. The third-order valence-corrected chi connectivity index (χ3v) is 23.9. The van der Waals surface area contributed by atoms with Gasteiger partial charge >= 0.3 is 0 Å². The normalized spacial score (nSPS) is 11.5. The van der Waals surface area contributed by atoms with Gasteiger partial charge < -0.3 is 18.6 Å². The standard InChI is InChI=1S/C116H76N2O2/c1-2-22-77(23-3-1)79-50-52-80(53-51-79)83-62-67-98(68-63-83)118(100-37-18-33-92(75-100)88-29-15-30-89(72-88)94-59-58-78-24-4-5-26-86(78)71-94)112-76-95(64-69-104(112)108-44-21-46-110-106-41-10-13-49-114(106)120-116(108)110)90-31-14-28-87(70-90)84-56-54-81(55-57-84)82-60-65-97(66-61-82)117(111-47-11-8-39-103(111)107-43-20-45-109-105-40-9-12-48-113(105)119-115(107)109)99-36-17-34-93(74-99)91-32-16-35-96(73-91)102-42-19-27-85-25-6-7-38-101(85)102/h1-76H. The zero-order valence-electron chi connectivity index (χ0n) is 65.6.